The standard InChI is InChI=1S/C20H23NO2/c1-21(23,18-13-7-3-8-14-18)20(15-9-4-10-16-20)19(22)17-11-5-2-6-12-17/h2-3,5-8,11-14H,4,9-10,15-16H2,1H3/t21-/m0/s1. The van der Waals surface area contributed by atoms with Gasteiger partial charge in [-0.15, -0.1) is 0 Å². The van der Waals surface area contributed by atoms with Gasteiger partial charge in [0.05, 0.1) is 7.05 Å². The fraction of sp³-hybridized carbons (Fsp3) is 0.350. The molecule has 1 aliphatic rings. The van der Waals surface area contributed by atoms with E-state index in [1.54, 1.807) is 7.05 Å². The zero-order chi connectivity index (χ0) is 16.3. The molecule has 1 aliphatic carbocycles. The molecule has 0 saturated heterocycles. The van der Waals surface area contributed by atoms with Gasteiger partial charge in [-0.25, -0.2) is 0 Å². The zero-order valence-corrected chi connectivity index (χ0v) is 13.6. The van der Waals surface area contributed by atoms with Crippen LogP contribution >= 0.6 is 0 Å². The number of para-hydroxylation sites is 1. The number of benzene rings is 2. The Bertz CT molecular complexity index is 659. The number of hydrogen-bond acceptors (Lipinski definition) is 2. The molecular weight excluding hydrogens is 286 g/mol. The largest absolute Gasteiger partial charge is 0.627 e. The first-order valence-corrected chi connectivity index (χ1v) is 8.31. The van der Waals surface area contributed by atoms with Crippen molar-refractivity contribution in [1.29, 1.82) is 0 Å². The van der Waals surface area contributed by atoms with Gasteiger partial charge in [-0.2, -0.15) is 0 Å². The number of Topliss-reactive ketones (excluding diaryl/α,β-unsaturated/α-hetero) is 1. The summed E-state index contributed by atoms with van der Waals surface area (Å²) in [5.41, 5.74) is 0.380. The van der Waals surface area contributed by atoms with Gasteiger partial charge in [0.1, 0.15) is 5.69 Å². The average molecular weight is 309 g/mol. The number of hydrogen-bond donors (Lipinski definition) is 0. The summed E-state index contributed by atoms with van der Waals surface area (Å²) in [6.45, 7) is 0. The summed E-state index contributed by atoms with van der Waals surface area (Å²) < 4.78 is -0.623. The first kappa shape index (κ1) is 15.9. The fourth-order valence-electron chi connectivity index (χ4n) is 3.80. The second-order valence-corrected chi connectivity index (χ2v) is 6.55. The van der Waals surface area contributed by atoms with Crippen LogP contribution in [0.4, 0.5) is 5.69 Å². The molecule has 1 saturated carbocycles. The molecule has 0 unspecified atom stereocenters. The SMILES string of the molecule is C[N@+]([O-])(c1ccccc1)C1(C(=O)c2ccccc2)CCCCC1. The van der Waals surface area contributed by atoms with Crippen molar-refractivity contribution in [3.63, 3.8) is 0 Å². The molecule has 1 atom stereocenters. The van der Waals surface area contributed by atoms with Crippen molar-refractivity contribution in [2.24, 2.45) is 0 Å². The second kappa shape index (κ2) is 6.26. The van der Waals surface area contributed by atoms with Crippen LogP contribution in [0.25, 0.3) is 0 Å². The first-order valence-electron chi connectivity index (χ1n) is 8.31. The normalized spacial score (nSPS) is 19.7. The number of rotatable bonds is 4. The van der Waals surface area contributed by atoms with Crippen LogP contribution in [0.1, 0.15) is 42.5 Å². The quantitative estimate of drug-likeness (QED) is 0.466. The molecule has 3 rings (SSSR count). The summed E-state index contributed by atoms with van der Waals surface area (Å²) in [6, 6.07) is 18.6. The van der Waals surface area contributed by atoms with Crippen molar-refractivity contribution in [2.45, 2.75) is 37.6 Å². The van der Waals surface area contributed by atoms with E-state index in [2.05, 4.69) is 0 Å². The molecule has 3 nitrogen and oxygen atoms in total. The predicted octanol–water partition coefficient (Wildman–Crippen LogP) is 4.71. The smallest absolute Gasteiger partial charge is 0.223 e. The molecule has 3 heteroatoms. The van der Waals surface area contributed by atoms with Crippen LogP contribution < -0.4 is 4.65 Å². The summed E-state index contributed by atoms with van der Waals surface area (Å²) in [6.07, 6.45) is 4.26. The van der Waals surface area contributed by atoms with Gasteiger partial charge in [0.25, 0.3) is 0 Å². The van der Waals surface area contributed by atoms with Gasteiger partial charge in [0.15, 0.2) is 5.54 Å². The lowest BCUT2D eigenvalue weighted by Gasteiger charge is -2.54. The lowest BCUT2D eigenvalue weighted by Crippen LogP contribution is -2.65. The molecule has 0 aliphatic heterocycles. The number of quaternary nitrogens is 1. The van der Waals surface area contributed by atoms with Gasteiger partial charge >= 0.3 is 0 Å². The summed E-state index contributed by atoms with van der Waals surface area (Å²) >= 11 is 0. The zero-order valence-electron chi connectivity index (χ0n) is 13.6. The maximum atomic E-state index is 13.7. The van der Waals surface area contributed by atoms with Crippen LogP contribution in [0.15, 0.2) is 60.7 Å². The average Bonchev–Trinajstić information content (AvgIpc) is 2.63. The van der Waals surface area contributed by atoms with E-state index in [1.807, 2.05) is 60.7 Å². The summed E-state index contributed by atoms with van der Waals surface area (Å²) in [5, 5.41) is 13.7. The van der Waals surface area contributed by atoms with E-state index in [-0.39, 0.29) is 5.78 Å². The fourth-order valence-corrected chi connectivity index (χ4v) is 3.80. The van der Waals surface area contributed by atoms with Crippen molar-refractivity contribution >= 4 is 11.5 Å². The number of hydroxylamine groups is 2. The Hall–Kier alpha value is -1.97. The van der Waals surface area contributed by atoms with E-state index < -0.39 is 10.2 Å². The van der Waals surface area contributed by atoms with Crippen LogP contribution in [-0.2, 0) is 0 Å². The Balaban J connectivity index is 2.08. The lowest BCUT2D eigenvalue weighted by molar-refractivity contribution is 0.0627. The summed E-state index contributed by atoms with van der Waals surface area (Å²) in [5.74, 6) is -0.0147. The number of carbonyl (C=O) groups excluding carboxylic acids is 1. The molecule has 0 heterocycles. The van der Waals surface area contributed by atoms with E-state index >= 15 is 0 Å². The predicted molar refractivity (Wildman–Crippen MR) is 94.1 cm³/mol. The van der Waals surface area contributed by atoms with Gasteiger partial charge in [-0.3, -0.25) is 4.79 Å². The molecule has 1 fully saturated rings. The van der Waals surface area contributed by atoms with E-state index in [9.17, 15) is 10.0 Å². The Morgan fingerprint density at radius 3 is 2.00 bits per heavy atom. The molecule has 0 spiro atoms. The van der Waals surface area contributed by atoms with Crippen LogP contribution in [0.3, 0.4) is 0 Å². The Labute approximate surface area is 137 Å². The van der Waals surface area contributed by atoms with Crippen molar-refractivity contribution in [3.05, 3.63) is 71.4 Å². The molecule has 0 N–H and O–H groups in total. The van der Waals surface area contributed by atoms with Crippen LogP contribution in [0.2, 0.25) is 0 Å². The lowest BCUT2D eigenvalue weighted by atomic mass is 9.74. The molecule has 0 bridgehead atoms. The highest BCUT2D eigenvalue weighted by molar-refractivity contribution is 6.04. The molecule has 2 aromatic rings. The van der Waals surface area contributed by atoms with Gasteiger partial charge in [-0.05, 0) is 25.0 Å². The molecule has 23 heavy (non-hydrogen) atoms. The third kappa shape index (κ3) is 2.71. The molecule has 120 valence electrons. The monoisotopic (exact) mass is 309 g/mol. The van der Waals surface area contributed by atoms with Crippen LogP contribution in [0.5, 0.6) is 0 Å². The maximum absolute atomic E-state index is 13.7. The molecular formula is C20H23NO2. The van der Waals surface area contributed by atoms with Gasteiger partial charge in [0, 0.05) is 18.4 Å². The minimum Gasteiger partial charge on any atom is -0.627 e. The van der Waals surface area contributed by atoms with Crippen molar-refractivity contribution in [1.82, 2.24) is 4.65 Å². The maximum Gasteiger partial charge on any atom is 0.223 e. The van der Waals surface area contributed by atoms with E-state index in [4.69, 9.17) is 0 Å². The van der Waals surface area contributed by atoms with Crippen LogP contribution in [0, 0.1) is 5.21 Å². The molecule has 0 amide bonds. The van der Waals surface area contributed by atoms with Gasteiger partial charge in [0.2, 0.25) is 5.78 Å². The van der Waals surface area contributed by atoms with Gasteiger partial charge in [-0.1, -0.05) is 55.0 Å². The Kier molecular flexibility index (Phi) is 4.33. The summed E-state index contributed by atoms with van der Waals surface area (Å²) in [7, 11) is 1.64. The minimum atomic E-state index is -0.916. The number of carbonyl (C=O) groups is 1. The number of nitrogens with zero attached hydrogens (tertiary/aromatic N) is 1. The van der Waals surface area contributed by atoms with Gasteiger partial charge < -0.3 is 9.85 Å². The van der Waals surface area contributed by atoms with Crippen molar-refractivity contribution in [2.75, 3.05) is 7.05 Å². The van der Waals surface area contributed by atoms with E-state index in [0.717, 1.165) is 19.3 Å². The summed E-state index contributed by atoms with van der Waals surface area (Å²) in [4.78, 5) is 13.3. The van der Waals surface area contributed by atoms with Crippen molar-refractivity contribution in [3.8, 4) is 0 Å². The third-order valence-electron chi connectivity index (χ3n) is 5.21. The highest BCUT2D eigenvalue weighted by Crippen LogP contribution is 2.43. The molecule has 0 radical (unpaired) electrons. The van der Waals surface area contributed by atoms with E-state index in [0.29, 0.717) is 24.1 Å². The third-order valence-corrected chi connectivity index (χ3v) is 5.21. The Morgan fingerprint density at radius 2 is 1.43 bits per heavy atom. The number of likely N-dealkylation sites (N-methyl/N-ethyl adjacent to an activating group) is 1. The van der Waals surface area contributed by atoms with E-state index in [1.165, 1.54) is 0 Å². The second-order valence-electron chi connectivity index (χ2n) is 6.55. The number of ketones is 1. The highest BCUT2D eigenvalue weighted by Gasteiger charge is 2.51. The van der Waals surface area contributed by atoms with Crippen molar-refractivity contribution < 1.29 is 4.79 Å². The molecule has 2 aromatic carbocycles. The first-order chi connectivity index (χ1) is 11.1. The van der Waals surface area contributed by atoms with Crippen LogP contribution in [-0.4, -0.2) is 18.4 Å². The minimum absolute atomic E-state index is 0.0147. The Morgan fingerprint density at radius 1 is 0.913 bits per heavy atom. The topological polar surface area (TPSA) is 40.1 Å². The molecule has 0 aromatic heterocycles. The highest BCUT2D eigenvalue weighted by atomic mass is 16.5.